The summed E-state index contributed by atoms with van der Waals surface area (Å²) in [5.41, 5.74) is 1.03. The van der Waals surface area contributed by atoms with Gasteiger partial charge >= 0.3 is 0 Å². The minimum absolute atomic E-state index is 0.0286. The summed E-state index contributed by atoms with van der Waals surface area (Å²) in [7, 11) is 1.63. The van der Waals surface area contributed by atoms with Gasteiger partial charge < -0.3 is 14.2 Å². The molecule has 1 saturated heterocycles. The van der Waals surface area contributed by atoms with Gasteiger partial charge in [-0.2, -0.15) is 0 Å². The van der Waals surface area contributed by atoms with Crippen molar-refractivity contribution in [3.05, 3.63) is 29.8 Å². The Bertz CT molecular complexity index is 379. The molecule has 98 valence electrons. The van der Waals surface area contributed by atoms with Crippen molar-refractivity contribution in [2.75, 3.05) is 26.9 Å². The van der Waals surface area contributed by atoms with Gasteiger partial charge in [0.25, 0.3) is 0 Å². The summed E-state index contributed by atoms with van der Waals surface area (Å²) in [5.74, 6) is 0.986. The van der Waals surface area contributed by atoms with Crippen LogP contribution in [0.2, 0.25) is 0 Å². The number of Topliss-reactive ketones (excluding diaryl/α,β-unsaturated/α-hetero) is 1. The maximum Gasteiger partial charge on any atom is 0.163 e. The molecule has 4 heteroatoms. The van der Waals surface area contributed by atoms with Gasteiger partial charge in [-0.25, -0.2) is 0 Å². The molecule has 1 aliphatic rings. The van der Waals surface area contributed by atoms with Crippen LogP contribution in [-0.2, 0) is 20.9 Å². The van der Waals surface area contributed by atoms with E-state index in [-0.39, 0.29) is 18.3 Å². The number of carbonyl (C=O) groups is 1. The summed E-state index contributed by atoms with van der Waals surface area (Å²) in [5, 5.41) is 0. The number of carbonyl (C=O) groups excluding carboxylic acids is 1. The highest BCUT2D eigenvalue weighted by Gasteiger charge is 2.23. The summed E-state index contributed by atoms with van der Waals surface area (Å²) < 4.78 is 15.7. The van der Waals surface area contributed by atoms with Crippen LogP contribution in [0.1, 0.15) is 12.0 Å². The lowest BCUT2D eigenvalue weighted by Crippen LogP contribution is -2.19. The zero-order chi connectivity index (χ0) is 12.8. The molecule has 1 aromatic rings. The predicted octanol–water partition coefficient (Wildman–Crippen LogP) is 1.82. The number of ether oxygens (including phenoxy) is 3. The molecule has 0 radical (unpaired) electrons. The van der Waals surface area contributed by atoms with E-state index in [1.54, 1.807) is 7.11 Å². The minimum Gasteiger partial charge on any atom is -0.497 e. The molecular formula is C14H18O4. The Morgan fingerprint density at radius 3 is 2.78 bits per heavy atom. The van der Waals surface area contributed by atoms with Crippen molar-refractivity contribution in [3.8, 4) is 5.75 Å². The molecule has 18 heavy (non-hydrogen) atoms. The highest BCUT2D eigenvalue weighted by molar-refractivity contribution is 5.82. The van der Waals surface area contributed by atoms with Gasteiger partial charge in [0, 0.05) is 12.5 Å². The van der Waals surface area contributed by atoms with Crippen LogP contribution in [0.15, 0.2) is 24.3 Å². The third-order valence-electron chi connectivity index (χ3n) is 3.06. The van der Waals surface area contributed by atoms with E-state index < -0.39 is 0 Å². The standard InChI is InChI=1S/C14H18O4/c1-16-13-4-2-11(3-5-13)8-18-10-14(15)12-6-7-17-9-12/h2-5,12H,6-10H2,1H3. The fourth-order valence-corrected chi connectivity index (χ4v) is 1.90. The Morgan fingerprint density at radius 2 is 2.17 bits per heavy atom. The number of hydrogen-bond acceptors (Lipinski definition) is 4. The van der Waals surface area contributed by atoms with Gasteiger partial charge in [0.05, 0.1) is 20.3 Å². The van der Waals surface area contributed by atoms with Crippen molar-refractivity contribution in [2.45, 2.75) is 13.0 Å². The molecule has 1 unspecified atom stereocenters. The molecule has 1 heterocycles. The van der Waals surface area contributed by atoms with Crippen molar-refractivity contribution in [2.24, 2.45) is 5.92 Å². The predicted molar refractivity (Wildman–Crippen MR) is 66.6 cm³/mol. The molecule has 1 atom stereocenters. The lowest BCUT2D eigenvalue weighted by Gasteiger charge is -2.08. The normalized spacial score (nSPS) is 18.8. The molecule has 1 fully saturated rings. The Balaban J connectivity index is 1.72. The summed E-state index contributed by atoms with van der Waals surface area (Å²) in [4.78, 5) is 11.7. The van der Waals surface area contributed by atoms with E-state index >= 15 is 0 Å². The second kappa shape index (κ2) is 6.52. The number of ketones is 1. The number of hydrogen-bond donors (Lipinski definition) is 0. The SMILES string of the molecule is COc1ccc(COCC(=O)C2CCOC2)cc1. The Morgan fingerprint density at radius 1 is 1.39 bits per heavy atom. The van der Waals surface area contributed by atoms with Crippen LogP contribution in [0.3, 0.4) is 0 Å². The van der Waals surface area contributed by atoms with E-state index in [4.69, 9.17) is 14.2 Å². The molecule has 0 saturated carbocycles. The van der Waals surface area contributed by atoms with Gasteiger partial charge in [-0.15, -0.1) is 0 Å². The summed E-state index contributed by atoms with van der Waals surface area (Å²) in [6.45, 7) is 1.85. The molecule has 0 aliphatic carbocycles. The van der Waals surface area contributed by atoms with Crippen molar-refractivity contribution in [1.29, 1.82) is 0 Å². The molecule has 0 bridgehead atoms. The lowest BCUT2D eigenvalue weighted by molar-refractivity contribution is -0.127. The molecular weight excluding hydrogens is 232 g/mol. The first-order valence-electron chi connectivity index (χ1n) is 6.10. The van der Waals surface area contributed by atoms with Crippen LogP contribution in [-0.4, -0.2) is 32.7 Å². The molecule has 1 aromatic carbocycles. The van der Waals surface area contributed by atoms with Crippen LogP contribution in [0.5, 0.6) is 5.75 Å². The van der Waals surface area contributed by atoms with Gasteiger partial charge in [0.2, 0.25) is 0 Å². The van der Waals surface area contributed by atoms with Crippen LogP contribution in [0.25, 0.3) is 0 Å². The topological polar surface area (TPSA) is 44.8 Å². The van der Waals surface area contributed by atoms with Crippen LogP contribution < -0.4 is 4.74 Å². The Kier molecular flexibility index (Phi) is 4.73. The van der Waals surface area contributed by atoms with E-state index in [2.05, 4.69) is 0 Å². The third kappa shape index (κ3) is 3.55. The third-order valence-corrected chi connectivity index (χ3v) is 3.06. The van der Waals surface area contributed by atoms with Gasteiger partial charge in [-0.1, -0.05) is 12.1 Å². The summed E-state index contributed by atoms with van der Waals surface area (Å²) in [6.07, 6.45) is 0.824. The summed E-state index contributed by atoms with van der Waals surface area (Å²) in [6, 6.07) is 7.63. The van der Waals surface area contributed by atoms with E-state index in [0.29, 0.717) is 19.8 Å². The van der Waals surface area contributed by atoms with Gasteiger partial charge in [0.15, 0.2) is 5.78 Å². The molecule has 2 rings (SSSR count). The van der Waals surface area contributed by atoms with E-state index in [9.17, 15) is 4.79 Å². The number of benzene rings is 1. The highest BCUT2D eigenvalue weighted by Crippen LogP contribution is 2.15. The first-order valence-corrected chi connectivity index (χ1v) is 6.10. The van der Waals surface area contributed by atoms with E-state index in [0.717, 1.165) is 17.7 Å². The highest BCUT2D eigenvalue weighted by atomic mass is 16.5. The van der Waals surface area contributed by atoms with Crippen molar-refractivity contribution in [1.82, 2.24) is 0 Å². The van der Waals surface area contributed by atoms with Crippen molar-refractivity contribution >= 4 is 5.78 Å². The first kappa shape index (κ1) is 13.1. The zero-order valence-corrected chi connectivity index (χ0v) is 10.6. The average Bonchev–Trinajstić information content (AvgIpc) is 2.93. The molecule has 0 amide bonds. The molecule has 4 nitrogen and oxygen atoms in total. The van der Waals surface area contributed by atoms with Crippen molar-refractivity contribution < 1.29 is 19.0 Å². The lowest BCUT2D eigenvalue weighted by atomic mass is 10.0. The maximum absolute atomic E-state index is 11.7. The first-order chi connectivity index (χ1) is 8.79. The largest absolute Gasteiger partial charge is 0.497 e. The molecule has 0 aromatic heterocycles. The van der Waals surface area contributed by atoms with Gasteiger partial charge in [-0.3, -0.25) is 4.79 Å². The molecule has 0 spiro atoms. The Hall–Kier alpha value is -1.39. The number of methoxy groups -OCH3 is 1. The summed E-state index contributed by atoms with van der Waals surface area (Å²) >= 11 is 0. The van der Waals surface area contributed by atoms with E-state index in [1.807, 2.05) is 24.3 Å². The average molecular weight is 250 g/mol. The van der Waals surface area contributed by atoms with Crippen molar-refractivity contribution in [3.63, 3.8) is 0 Å². The molecule has 1 aliphatic heterocycles. The fraction of sp³-hybridized carbons (Fsp3) is 0.500. The minimum atomic E-state index is 0.0286. The van der Waals surface area contributed by atoms with Crippen LogP contribution in [0.4, 0.5) is 0 Å². The number of rotatable bonds is 6. The van der Waals surface area contributed by atoms with Gasteiger partial charge in [-0.05, 0) is 24.1 Å². The molecule has 0 N–H and O–H groups in total. The van der Waals surface area contributed by atoms with E-state index in [1.165, 1.54) is 0 Å². The zero-order valence-electron chi connectivity index (χ0n) is 10.6. The quantitative estimate of drug-likeness (QED) is 0.772. The maximum atomic E-state index is 11.7. The monoisotopic (exact) mass is 250 g/mol. The smallest absolute Gasteiger partial charge is 0.163 e. The second-order valence-electron chi connectivity index (χ2n) is 4.37. The second-order valence-corrected chi connectivity index (χ2v) is 4.37. The van der Waals surface area contributed by atoms with Crippen LogP contribution in [0, 0.1) is 5.92 Å². The van der Waals surface area contributed by atoms with Gasteiger partial charge in [0.1, 0.15) is 12.4 Å². The Labute approximate surface area is 107 Å². The fourth-order valence-electron chi connectivity index (χ4n) is 1.90. The van der Waals surface area contributed by atoms with Crippen LogP contribution >= 0.6 is 0 Å².